The van der Waals surface area contributed by atoms with Gasteiger partial charge in [0.05, 0.1) is 31.7 Å². The average Bonchev–Trinajstić information content (AvgIpc) is 2.63. The Morgan fingerprint density at radius 2 is 1.96 bits per heavy atom. The molecule has 0 aliphatic carbocycles. The molecule has 0 saturated carbocycles. The van der Waals surface area contributed by atoms with Crippen LogP contribution in [0.5, 0.6) is 11.5 Å². The number of methoxy groups -OCH3 is 1. The molecule has 2 rings (SSSR count). The third-order valence-electron chi connectivity index (χ3n) is 3.33. The Bertz CT molecular complexity index is 694. The van der Waals surface area contributed by atoms with Gasteiger partial charge in [-0.3, -0.25) is 5.43 Å². The van der Waals surface area contributed by atoms with Crippen molar-refractivity contribution >= 4 is 11.9 Å². The zero-order valence-corrected chi connectivity index (χ0v) is 13.7. The maximum atomic E-state index is 8.56. The van der Waals surface area contributed by atoms with Crippen LogP contribution in [0.1, 0.15) is 24.8 Å². The molecule has 124 valence electrons. The molecule has 5 nitrogen and oxygen atoms in total. The van der Waals surface area contributed by atoms with E-state index in [1.54, 1.807) is 13.3 Å². The highest BCUT2D eigenvalue weighted by atomic mass is 16.5. The fourth-order valence-corrected chi connectivity index (χ4v) is 2.12. The first-order valence-corrected chi connectivity index (χ1v) is 7.86. The summed E-state index contributed by atoms with van der Waals surface area (Å²) in [6.45, 7) is 0.537. The Labute approximate surface area is 142 Å². The van der Waals surface area contributed by atoms with E-state index in [2.05, 4.69) is 16.6 Å². The average molecular weight is 323 g/mol. The number of nitrogens with zero attached hydrogens (tertiary/aromatic N) is 2. The molecule has 0 unspecified atom stereocenters. The smallest absolute Gasteiger partial charge is 0.169 e. The van der Waals surface area contributed by atoms with E-state index in [1.807, 2.05) is 48.5 Å². The monoisotopic (exact) mass is 323 g/mol. The number of unbranched alkanes of at least 4 members (excludes halogenated alkanes) is 2. The Morgan fingerprint density at radius 3 is 2.71 bits per heavy atom. The second-order valence-corrected chi connectivity index (χ2v) is 5.08. The van der Waals surface area contributed by atoms with Crippen LogP contribution in [0.25, 0.3) is 0 Å². The number of nitrogens with one attached hydrogen (secondary N) is 1. The molecule has 5 heteroatoms. The lowest BCUT2D eigenvalue weighted by Crippen LogP contribution is -2.03. The SMILES string of the molecule is COc1cccc(C=NNc2ccccc2)c1OCCCCC#N. The number of hydrazone groups is 1. The van der Waals surface area contributed by atoms with E-state index in [0.717, 1.165) is 24.1 Å². The molecule has 0 aliphatic rings. The van der Waals surface area contributed by atoms with Crippen LogP contribution in [0.15, 0.2) is 53.6 Å². The molecule has 2 aromatic carbocycles. The highest BCUT2D eigenvalue weighted by Crippen LogP contribution is 2.30. The fourth-order valence-electron chi connectivity index (χ4n) is 2.12. The summed E-state index contributed by atoms with van der Waals surface area (Å²) in [5, 5.41) is 12.8. The van der Waals surface area contributed by atoms with Crippen molar-refractivity contribution in [3.05, 3.63) is 54.1 Å². The predicted octanol–water partition coefficient (Wildman–Crippen LogP) is 4.21. The maximum absolute atomic E-state index is 8.56. The van der Waals surface area contributed by atoms with Crippen molar-refractivity contribution in [1.82, 2.24) is 0 Å². The van der Waals surface area contributed by atoms with E-state index in [4.69, 9.17) is 14.7 Å². The highest BCUT2D eigenvalue weighted by Gasteiger charge is 2.09. The van der Waals surface area contributed by atoms with Crippen LogP contribution in [0.3, 0.4) is 0 Å². The molecule has 0 amide bonds. The number of nitriles is 1. The first-order chi connectivity index (χ1) is 11.8. The van der Waals surface area contributed by atoms with Crippen molar-refractivity contribution in [1.29, 1.82) is 5.26 Å². The van der Waals surface area contributed by atoms with E-state index < -0.39 is 0 Å². The number of para-hydroxylation sites is 2. The number of hydrogen-bond donors (Lipinski definition) is 1. The van der Waals surface area contributed by atoms with Gasteiger partial charge in [-0.2, -0.15) is 10.4 Å². The Hall–Kier alpha value is -3.00. The van der Waals surface area contributed by atoms with Gasteiger partial charge in [-0.15, -0.1) is 0 Å². The van der Waals surface area contributed by atoms with Gasteiger partial charge < -0.3 is 9.47 Å². The molecule has 0 aromatic heterocycles. The van der Waals surface area contributed by atoms with Gasteiger partial charge in [0.2, 0.25) is 0 Å². The van der Waals surface area contributed by atoms with Gasteiger partial charge in [-0.1, -0.05) is 24.3 Å². The molecule has 0 bridgehead atoms. The van der Waals surface area contributed by atoms with Crippen molar-refractivity contribution in [2.45, 2.75) is 19.3 Å². The summed E-state index contributed by atoms with van der Waals surface area (Å²) in [7, 11) is 1.61. The van der Waals surface area contributed by atoms with Crippen molar-refractivity contribution in [3.63, 3.8) is 0 Å². The quantitative estimate of drug-likeness (QED) is 0.426. The minimum atomic E-state index is 0.537. The van der Waals surface area contributed by atoms with Gasteiger partial charge in [-0.25, -0.2) is 0 Å². The molecule has 0 fully saturated rings. The molecule has 0 aliphatic heterocycles. The first-order valence-electron chi connectivity index (χ1n) is 7.86. The summed E-state index contributed by atoms with van der Waals surface area (Å²) in [4.78, 5) is 0. The summed E-state index contributed by atoms with van der Waals surface area (Å²) in [5.41, 5.74) is 4.72. The number of anilines is 1. The molecular weight excluding hydrogens is 302 g/mol. The van der Waals surface area contributed by atoms with Gasteiger partial charge in [0, 0.05) is 12.0 Å². The van der Waals surface area contributed by atoms with Crippen LogP contribution in [0, 0.1) is 11.3 Å². The lowest BCUT2D eigenvalue weighted by Gasteiger charge is -2.13. The predicted molar refractivity (Wildman–Crippen MR) is 95.6 cm³/mol. The molecule has 1 N–H and O–H groups in total. The molecule has 0 atom stereocenters. The third kappa shape index (κ3) is 5.33. The number of benzene rings is 2. The number of hydrogen-bond acceptors (Lipinski definition) is 5. The summed E-state index contributed by atoms with van der Waals surface area (Å²) in [5.74, 6) is 1.33. The highest BCUT2D eigenvalue weighted by molar-refractivity contribution is 5.85. The summed E-state index contributed by atoms with van der Waals surface area (Å²) in [6.07, 6.45) is 3.90. The molecular formula is C19H21N3O2. The maximum Gasteiger partial charge on any atom is 0.169 e. The van der Waals surface area contributed by atoms with Gasteiger partial charge in [0.15, 0.2) is 11.5 Å². The molecule has 24 heavy (non-hydrogen) atoms. The van der Waals surface area contributed by atoms with E-state index in [-0.39, 0.29) is 0 Å². The fraction of sp³-hybridized carbons (Fsp3) is 0.263. The minimum Gasteiger partial charge on any atom is -0.493 e. The van der Waals surface area contributed by atoms with Crippen molar-refractivity contribution in [2.75, 3.05) is 19.1 Å². The minimum absolute atomic E-state index is 0.537. The Balaban J connectivity index is 2.03. The van der Waals surface area contributed by atoms with Gasteiger partial charge in [0.25, 0.3) is 0 Å². The topological polar surface area (TPSA) is 66.6 Å². The summed E-state index contributed by atoms with van der Waals surface area (Å²) >= 11 is 0. The van der Waals surface area contributed by atoms with Crippen LogP contribution < -0.4 is 14.9 Å². The third-order valence-corrected chi connectivity index (χ3v) is 3.33. The van der Waals surface area contributed by atoms with E-state index >= 15 is 0 Å². The second kappa shape index (κ2) is 9.90. The largest absolute Gasteiger partial charge is 0.493 e. The second-order valence-electron chi connectivity index (χ2n) is 5.08. The van der Waals surface area contributed by atoms with Gasteiger partial charge in [-0.05, 0) is 37.1 Å². The van der Waals surface area contributed by atoms with Crippen LogP contribution in [0.4, 0.5) is 5.69 Å². The van der Waals surface area contributed by atoms with E-state index in [0.29, 0.717) is 24.5 Å². The zero-order chi connectivity index (χ0) is 17.0. The number of ether oxygens (including phenoxy) is 2. The molecule has 0 saturated heterocycles. The lowest BCUT2D eigenvalue weighted by atomic mass is 10.2. The summed E-state index contributed by atoms with van der Waals surface area (Å²) < 4.78 is 11.2. The van der Waals surface area contributed by atoms with Crippen molar-refractivity contribution in [2.24, 2.45) is 5.10 Å². The van der Waals surface area contributed by atoms with Gasteiger partial charge >= 0.3 is 0 Å². The normalized spacial score (nSPS) is 10.3. The Kier molecular flexibility index (Phi) is 7.16. The van der Waals surface area contributed by atoms with Crippen LogP contribution in [0.2, 0.25) is 0 Å². The standard InChI is InChI=1S/C19H21N3O2/c1-23-18-12-8-9-16(19(18)24-14-7-3-6-13-20)15-21-22-17-10-4-2-5-11-17/h2,4-5,8-12,15,22H,3,6-7,14H2,1H3. The first kappa shape index (κ1) is 17.4. The van der Waals surface area contributed by atoms with Gasteiger partial charge in [0.1, 0.15) is 0 Å². The van der Waals surface area contributed by atoms with E-state index in [9.17, 15) is 0 Å². The molecule has 0 radical (unpaired) electrons. The molecule has 0 spiro atoms. The van der Waals surface area contributed by atoms with Crippen molar-refractivity contribution < 1.29 is 9.47 Å². The zero-order valence-electron chi connectivity index (χ0n) is 13.7. The van der Waals surface area contributed by atoms with Crippen LogP contribution in [-0.4, -0.2) is 19.9 Å². The molecule has 2 aromatic rings. The molecule has 0 heterocycles. The van der Waals surface area contributed by atoms with E-state index in [1.165, 1.54) is 0 Å². The Morgan fingerprint density at radius 1 is 1.12 bits per heavy atom. The lowest BCUT2D eigenvalue weighted by molar-refractivity contribution is 0.286. The van der Waals surface area contributed by atoms with Crippen LogP contribution in [-0.2, 0) is 0 Å². The van der Waals surface area contributed by atoms with Crippen LogP contribution >= 0.6 is 0 Å². The van der Waals surface area contributed by atoms with Crippen molar-refractivity contribution in [3.8, 4) is 17.6 Å². The number of rotatable bonds is 9. The summed E-state index contributed by atoms with van der Waals surface area (Å²) in [6, 6.07) is 17.5.